The Morgan fingerprint density at radius 2 is 2.40 bits per heavy atom. The van der Waals surface area contributed by atoms with Crippen molar-refractivity contribution in [3.8, 4) is 6.07 Å². The van der Waals surface area contributed by atoms with Crippen LogP contribution in [0, 0.1) is 11.3 Å². The maximum absolute atomic E-state index is 9.08. The molecule has 0 aromatic carbocycles. The van der Waals surface area contributed by atoms with Gasteiger partial charge in [0.25, 0.3) is 0 Å². The molecule has 0 aliphatic heterocycles. The third-order valence-electron chi connectivity index (χ3n) is 1.19. The number of nitrogens with zero attached hydrogens (tertiary/aromatic N) is 1. The molecular weight excluding hydrogens is 126 g/mol. The van der Waals surface area contributed by atoms with E-state index >= 15 is 0 Å². The summed E-state index contributed by atoms with van der Waals surface area (Å²) in [6, 6.07) is 1.79. The van der Waals surface area contributed by atoms with Crippen molar-refractivity contribution in [2.45, 2.75) is 18.9 Å². The van der Waals surface area contributed by atoms with Gasteiger partial charge in [-0.2, -0.15) is 5.26 Å². The molecule has 1 unspecified atom stereocenters. The number of aliphatic hydroxyl groups is 1. The van der Waals surface area contributed by atoms with Crippen LogP contribution in [0.25, 0.3) is 0 Å². The van der Waals surface area contributed by atoms with E-state index in [-0.39, 0.29) is 5.57 Å². The van der Waals surface area contributed by atoms with Gasteiger partial charge in [0.15, 0.2) is 0 Å². The number of allylic oxidation sites excluding steroid dienone is 1. The lowest BCUT2D eigenvalue weighted by Gasteiger charge is -2.04. The zero-order chi connectivity index (χ0) is 7.98. The minimum Gasteiger partial charge on any atom is -0.388 e. The summed E-state index contributed by atoms with van der Waals surface area (Å²) in [5.41, 5.74) is 0.224. The second-order valence-electron chi connectivity index (χ2n) is 2.02. The first-order valence-corrected chi connectivity index (χ1v) is 3.10. The Bertz CT molecular complexity index is 167. The number of hydrogen-bond donors (Lipinski definition) is 1. The highest BCUT2D eigenvalue weighted by Gasteiger charge is 2.05. The zero-order valence-electron chi connectivity index (χ0n) is 5.88. The predicted molar refractivity (Wildman–Crippen MR) is 40.2 cm³/mol. The summed E-state index contributed by atoms with van der Waals surface area (Å²) in [6.45, 7) is 6.87. The second kappa shape index (κ2) is 4.78. The smallest absolute Gasteiger partial charge is 0.0968 e. The molecule has 0 bridgehead atoms. The molecule has 0 saturated carbocycles. The Balaban J connectivity index is 3.64. The van der Waals surface area contributed by atoms with Crippen LogP contribution in [0.15, 0.2) is 24.8 Å². The number of rotatable bonds is 4. The average molecular weight is 137 g/mol. The zero-order valence-corrected chi connectivity index (χ0v) is 5.88. The van der Waals surface area contributed by atoms with E-state index in [1.54, 1.807) is 12.1 Å². The fourth-order valence-electron chi connectivity index (χ4n) is 0.524. The molecule has 2 heteroatoms. The van der Waals surface area contributed by atoms with Gasteiger partial charge in [0.1, 0.15) is 0 Å². The summed E-state index contributed by atoms with van der Waals surface area (Å²) in [5.74, 6) is 0. The molecule has 0 rings (SSSR count). The van der Waals surface area contributed by atoms with Gasteiger partial charge in [-0.15, -0.1) is 6.58 Å². The largest absolute Gasteiger partial charge is 0.388 e. The highest BCUT2D eigenvalue weighted by atomic mass is 16.3. The van der Waals surface area contributed by atoms with E-state index in [1.807, 2.05) is 0 Å². The van der Waals surface area contributed by atoms with Crippen molar-refractivity contribution in [3.05, 3.63) is 24.8 Å². The Kier molecular flexibility index (Phi) is 4.26. The van der Waals surface area contributed by atoms with Crippen LogP contribution in [-0.4, -0.2) is 11.2 Å². The first-order valence-electron chi connectivity index (χ1n) is 3.10. The monoisotopic (exact) mass is 137 g/mol. The molecule has 0 amide bonds. The van der Waals surface area contributed by atoms with E-state index in [1.165, 1.54) is 0 Å². The molecule has 2 nitrogen and oxygen atoms in total. The van der Waals surface area contributed by atoms with Crippen molar-refractivity contribution in [2.75, 3.05) is 0 Å². The third kappa shape index (κ3) is 3.06. The molecule has 0 fully saturated rings. The van der Waals surface area contributed by atoms with Crippen LogP contribution in [0.5, 0.6) is 0 Å². The van der Waals surface area contributed by atoms with Crippen LogP contribution < -0.4 is 0 Å². The first kappa shape index (κ1) is 8.93. The van der Waals surface area contributed by atoms with Gasteiger partial charge in [0.05, 0.1) is 17.7 Å². The lowest BCUT2D eigenvalue weighted by molar-refractivity contribution is 0.207. The van der Waals surface area contributed by atoms with E-state index in [4.69, 9.17) is 10.4 Å². The molecule has 0 aromatic rings. The fourth-order valence-corrected chi connectivity index (χ4v) is 0.524. The van der Waals surface area contributed by atoms with Crippen molar-refractivity contribution in [2.24, 2.45) is 0 Å². The predicted octanol–water partition coefficient (Wildman–Crippen LogP) is 1.39. The van der Waals surface area contributed by atoms with E-state index < -0.39 is 6.10 Å². The highest BCUT2D eigenvalue weighted by molar-refractivity contribution is 5.20. The summed E-state index contributed by atoms with van der Waals surface area (Å²) in [5, 5.41) is 17.3. The highest BCUT2D eigenvalue weighted by Crippen LogP contribution is 2.05. The van der Waals surface area contributed by atoms with Crippen molar-refractivity contribution >= 4 is 0 Å². The Labute approximate surface area is 61.1 Å². The van der Waals surface area contributed by atoms with Gasteiger partial charge >= 0.3 is 0 Å². The maximum Gasteiger partial charge on any atom is 0.0968 e. The Hall–Kier alpha value is -1.07. The molecule has 0 aromatic heterocycles. The quantitative estimate of drug-likeness (QED) is 0.470. The fraction of sp³-hybridized carbons (Fsp3) is 0.375. The lowest BCUT2D eigenvalue weighted by Crippen LogP contribution is -2.06. The maximum atomic E-state index is 9.08. The Morgan fingerprint density at radius 3 is 2.80 bits per heavy atom. The third-order valence-corrected chi connectivity index (χ3v) is 1.19. The molecule has 0 heterocycles. The van der Waals surface area contributed by atoms with Gasteiger partial charge in [-0.05, 0) is 12.8 Å². The molecule has 0 aliphatic carbocycles. The first-order chi connectivity index (χ1) is 4.72. The summed E-state index contributed by atoms with van der Waals surface area (Å²) in [4.78, 5) is 0. The van der Waals surface area contributed by atoms with Crippen molar-refractivity contribution in [3.63, 3.8) is 0 Å². The minimum atomic E-state index is -0.692. The van der Waals surface area contributed by atoms with Crippen LogP contribution in [-0.2, 0) is 0 Å². The van der Waals surface area contributed by atoms with Crippen molar-refractivity contribution in [1.82, 2.24) is 0 Å². The van der Waals surface area contributed by atoms with Crippen molar-refractivity contribution in [1.29, 1.82) is 5.26 Å². The molecular formula is C8H11NO. The molecule has 1 N–H and O–H groups in total. The average Bonchev–Trinajstić information content (AvgIpc) is 1.98. The molecule has 0 spiro atoms. The van der Waals surface area contributed by atoms with Crippen LogP contribution in [0.2, 0.25) is 0 Å². The van der Waals surface area contributed by atoms with Gasteiger partial charge in [0, 0.05) is 0 Å². The SMILES string of the molecule is C=CCCC(O)C(=C)C#N. The van der Waals surface area contributed by atoms with E-state index in [9.17, 15) is 0 Å². The molecule has 0 radical (unpaired) electrons. The van der Waals surface area contributed by atoms with Crippen LogP contribution >= 0.6 is 0 Å². The van der Waals surface area contributed by atoms with Gasteiger partial charge < -0.3 is 5.11 Å². The number of nitriles is 1. The number of aliphatic hydroxyl groups excluding tert-OH is 1. The second-order valence-corrected chi connectivity index (χ2v) is 2.02. The summed E-state index contributed by atoms with van der Waals surface area (Å²) in [7, 11) is 0. The van der Waals surface area contributed by atoms with Gasteiger partial charge in [-0.1, -0.05) is 12.7 Å². The van der Waals surface area contributed by atoms with Gasteiger partial charge in [0.2, 0.25) is 0 Å². The summed E-state index contributed by atoms with van der Waals surface area (Å²) in [6.07, 6.45) is 2.26. The van der Waals surface area contributed by atoms with Gasteiger partial charge in [-0.25, -0.2) is 0 Å². The molecule has 10 heavy (non-hydrogen) atoms. The normalized spacial score (nSPS) is 11.6. The van der Waals surface area contributed by atoms with Crippen molar-refractivity contribution < 1.29 is 5.11 Å². The van der Waals surface area contributed by atoms with Crippen LogP contribution in [0.4, 0.5) is 0 Å². The molecule has 54 valence electrons. The molecule has 1 atom stereocenters. The molecule has 0 aliphatic rings. The summed E-state index contributed by atoms with van der Waals surface area (Å²) >= 11 is 0. The topological polar surface area (TPSA) is 44.0 Å². The van der Waals surface area contributed by atoms with Crippen LogP contribution in [0.1, 0.15) is 12.8 Å². The number of hydrogen-bond acceptors (Lipinski definition) is 2. The van der Waals surface area contributed by atoms with E-state index in [0.717, 1.165) is 0 Å². The van der Waals surface area contributed by atoms with Crippen LogP contribution in [0.3, 0.4) is 0 Å². The minimum absolute atomic E-state index is 0.224. The standard InChI is InChI=1S/C8H11NO/c1-3-4-5-8(10)7(2)6-9/h3,8,10H,1-2,4-5H2. The molecule has 0 saturated heterocycles. The van der Waals surface area contributed by atoms with E-state index in [0.29, 0.717) is 12.8 Å². The summed E-state index contributed by atoms with van der Waals surface area (Å²) < 4.78 is 0. The lowest BCUT2D eigenvalue weighted by atomic mass is 10.1. The van der Waals surface area contributed by atoms with Gasteiger partial charge in [-0.3, -0.25) is 0 Å². The van der Waals surface area contributed by atoms with E-state index in [2.05, 4.69) is 13.2 Å². The Morgan fingerprint density at radius 1 is 1.80 bits per heavy atom.